The summed E-state index contributed by atoms with van der Waals surface area (Å²) in [5.74, 6) is -1.36. The molecule has 0 aliphatic rings. The van der Waals surface area contributed by atoms with Crippen LogP contribution in [0.4, 0.5) is 0 Å². The minimum absolute atomic E-state index is 0.288. The van der Waals surface area contributed by atoms with Gasteiger partial charge in [0.05, 0.1) is 0 Å². The van der Waals surface area contributed by atoms with E-state index in [1.807, 2.05) is 0 Å². The third-order valence-electron chi connectivity index (χ3n) is 4.79. The molecule has 26 heavy (non-hydrogen) atoms. The average molecular weight is 471 g/mol. The summed E-state index contributed by atoms with van der Waals surface area (Å²) in [5.41, 5.74) is 0. The van der Waals surface area contributed by atoms with E-state index in [2.05, 4.69) is 6.92 Å². The second-order valence-electron chi connectivity index (χ2n) is 7.23. The summed E-state index contributed by atoms with van der Waals surface area (Å²) in [6, 6.07) is 0. The van der Waals surface area contributed by atoms with Gasteiger partial charge in [-0.3, -0.25) is 4.79 Å². The van der Waals surface area contributed by atoms with Crippen molar-refractivity contribution in [3.05, 3.63) is 0 Å². The van der Waals surface area contributed by atoms with Crippen molar-refractivity contribution in [1.29, 1.82) is 0 Å². The molecule has 0 aliphatic carbocycles. The lowest BCUT2D eigenvalue weighted by Gasteiger charge is -2.40. The Labute approximate surface area is 184 Å². The van der Waals surface area contributed by atoms with Crippen molar-refractivity contribution in [2.45, 2.75) is 111 Å². The summed E-state index contributed by atoms with van der Waals surface area (Å²) in [5, 5.41) is 9.19. The van der Waals surface area contributed by atoms with E-state index in [4.69, 9.17) is 58.0 Å². The molecule has 0 saturated carbocycles. The molecule has 0 heterocycles. The van der Waals surface area contributed by atoms with Crippen LogP contribution in [0, 0.1) is 0 Å². The highest BCUT2D eigenvalue weighted by molar-refractivity contribution is 6.66. The van der Waals surface area contributed by atoms with Crippen LogP contribution >= 0.6 is 58.0 Å². The summed E-state index contributed by atoms with van der Waals surface area (Å²) < 4.78 is -3.64. The van der Waals surface area contributed by atoms with Gasteiger partial charge in [0.15, 0.2) is 13.5 Å². The first-order chi connectivity index (χ1) is 12.0. The van der Waals surface area contributed by atoms with E-state index in [-0.39, 0.29) is 6.42 Å². The highest BCUT2D eigenvalue weighted by Crippen LogP contribution is 2.54. The summed E-state index contributed by atoms with van der Waals surface area (Å²) in [6.07, 6.45) is 14.8. The van der Waals surface area contributed by atoms with Crippen molar-refractivity contribution >= 4 is 64.0 Å². The Hall–Kier alpha value is 0.920. The fourth-order valence-electron chi connectivity index (χ4n) is 2.82. The van der Waals surface area contributed by atoms with E-state index in [1.165, 1.54) is 64.7 Å². The van der Waals surface area contributed by atoms with E-state index < -0.39 is 19.5 Å². The lowest BCUT2D eigenvalue weighted by molar-refractivity contribution is -0.140. The molecule has 1 unspecified atom stereocenters. The van der Waals surface area contributed by atoms with Gasteiger partial charge in [-0.05, 0) is 13.3 Å². The van der Waals surface area contributed by atoms with Crippen molar-refractivity contribution in [2.24, 2.45) is 0 Å². The number of rotatable bonds is 16. The van der Waals surface area contributed by atoms with Gasteiger partial charge in [-0.25, -0.2) is 0 Å². The number of carboxylic acids is 1. The fraction of sp³-hybridized carbons (Fsp3) is 0.947. The van der Waals surface area contributed by atoms with Gasteiger partial charge in [-0.2, -0.15) is 0 Å². The number of halogens is 5. The Morgan fingerprint density at radius 2 is 1.08 bits per heavy atom. The summed E-state index contributed by atoms with van der Waals surface area (Å²) in [4.78, 5) is 9.30. The molecule has 0 fully saturated rings. The van der Waals surface area contributed by atoms with Crippen LogP contribution in [-0.4, -0.2) is 24.6 Å². The molecule has 2 nitrogen and oxygen atoms in total. The molecule has 0 aliphatic heterocycles. The number of alkyl halides is 5. The first-order valence-electron chi connectivity index (χ1n) is 9.68. The van der Waals surface area contributed by atoms with Crippen LogP contribution in [0.25, 0.3) is 0 Å². The van der Waals surface area contributed by atoms with E-state index in [0.717, 1.165) is 19.3 Å². The van der Waals surface area contributed by atoms with Gasteiger partial charge >= 0.3 is 5.97 Å². The molecule has 0 aromatic rings. The van der Waals surface area contributed by atoms with Crippen molar-refractivity contribution in [2.75, 3.05) is 0 Å². The molecule has 156 valence electrons. The third kappa shape index (κ3) is 8.95. The molecule has 7 heteroatoms. The number of carbonyl (C=O) groups is 1. The molecular weight excluding hydrogens is 437 g/mol. The zero-order chi connectivity index (χ0) is 20.3. The fourth-order valence-corrected chi connectivity index (χ4v) is 4.08. The Morgan fingerprint density at radius 3 is 1.42 bits per heavy atom. The van der Waals surface area contributed by atoms with Crippen molar-refractivity contribution < 1.29 is 9.90 Å². The zero-order valence-corrected chi connectivity index (χ0v) is 19.7. The summed E-state index contributed by atoms with van der Waals surface area (Å²) >= 11 is 30.7. The molecule has 0 radical (unpaired) electrons. The highest BCUT2D eigenvalue weighted by Gasteiger charge is 2.61. The maximum Gasteiger partial charge on any atom is 0.327 e. The predicted octanol–water partition coefficient (Wildman–Crippen LogP) is 8.51. The van der Waals surface area contributed by atoms with Gasteiger partial charge in [0.2, 0.25) is 0 Å². The zero-order valence-electron chi connectivity index (χ0n) is 15.9. The van der Waals surface area contributed by atoms with Crippen molar-refractivity contribution in [3.8, 4) is 0 Å². The molecule has 0 bridgehead atoms. The highest BCUT2D eigenvalue weighted by atomic mass is 35.5. The molecule has 1 N–H and O–H groups in total. The number of unbranched alkanes of at least 4 members (excludes halogenated alkanes) is 11. The van der Waals surface area contributed by atoms with Gasteiger partial charge in [0.1, 0.15) is 0 Å². The lowest BCUT2D eigenvalue weighted by atomic mass is 9.98. The number of hydrogen-bond donors (Lipinski definition) is 1. The Bertz CT molecular complexity index is 397. The van der Waals surface area contributed by atoms with Gasteiger partial charge in [0.25, 0.3) is 0 Å². The Kier molecular flexibility index (Phi) is 13.7. The molecule has 1 atom stereocenters. The second-order valence-corrected chi connectivity index (χ2v) is 10.8. The number of hydrogen-bond acceptors (Lipinski definition) is 1. The second kappa shape index (κ2) is 13.2. The molecular formula is C19H33Cl5O2. The predicted molar refractivity (Wildman–Crippen MR) is 116 cm³/mol. The quantitative estimate of drug-likeness (QED) is 0.181. The third-order valence-corrected chi connectivity index (χ3v) is 8.17. The number of carboxylic acid groups (broad SMARTS) is 1. The molecule has 0 amide bonds. The normalized spacial score (nSPS) is 15.0. The van der Waals surface area contributed by atoms with Crippen LogP contribution < -0.4 is 0 Å². The van der Waals surface area contributed by atoms with Crippen LogP contribution in [0.2, 0.25) is 0 Å². The first-order valence-corrected chi connectivity index (χ1v) is 11.6. The van der Waals surface area contributed by atoms with E-state index in [1.54, 1.807) is 0 Å². The largest absolute Gasteiger partial charge is 0.480 e. The van der Waals surface area contributed by atoms with Crippen molar-refractivity contribution in [1.82, 2.24) is 0 Å². The maximum atomic E-state index is 11.3. The topological polar surface area (TPSA) is 37.3 Å². The monoisotopic (exact) mass is 468 g/mol. The van der Waals surface area contributed by atoms with Crippen molar-refractivity contribution in [3.63, 3.8) is 0 Å². The van der Waals surface area contributed by atoms with Gasteiger partial charge in [-0.15, -0.1) is 11.6 Å². The number of aliphatic carboxylic acids is 1. The van der Waals surface area contributed by atoms with E-state index in [9.17, 15) is 9.90 Å². The maximum absolute atomic E-state index is 11.3. The minimum Gasteiger partial charge on any atom is -0.480 e. The van der Waals surface area contributed by atoms with Crippen LogP contribution in [0.5, 0.6) is 0 Å². The SMILES string of the molecule is CCCCCCCCCCCCCCC(Cl)(Cl)C(Cl)(Cl)C(C)(Cl)C(=O)O. The smallest absolute Gasteiger partial charge is 0.327 e. The molecule has 0 rings (SSSR count). The van der Waals surface area contributed by atoms with Gasteiger partial charge in [0, 0.05) is 0 Å². The molecule has 0 aromatic heterocycles. The first kappa shape index (κ1) is 26.9. The molecule has 0 saturated heterocycles. The minimum atomic E-state index is -2.01. The van der Waals surface area contributed by atoms with Gasteiger partial charge in [-0.1, -0.05) is 130 Å². The Morgan fingerprint density at radius 1 is 0.731 bits per heavy atom. The van der Waals surface area contributed by atoms with Crippen LogP contribution in [0.15, 0.2) is 0 Å². The van der Waals surface area contributed by atoms with Crippen LogP contribution in [0.3, 0.4) is 0 Å². The Balaban J connectivity index is 3.91. The molecule has 0 aromatic carbocycles. The van der Waals surface area contributed by atoms with Crippen LogP contribution in [-0.2, 0) is 4.79 Å². The van der Waals surface area contributed by atoms with Crippen LogP contribution in [0.1, 0.15) is 97.3 Å². The summed E-state index contributed by atoms with van der Waals surface area (Å²) in [6.45, 7) is 3.44. The summed E-state index contributed by atoms with van der Waals surface area (Å²) in [7, 11) is 0. The van der Waals surface area contributed by atoms with E-state index in [0.29, 0.717) is 0 Å². The van der Waals surface area contributed by atoms with E-state index >= 15 is 0 Å². The lowest BCUT2D eigenvalue weighted by Crippen LogP contribution is -2.55. The molecule has 0 spiro atoms. The average Bonchev–Trinajstić information content (AvgIpc) is 2.55. The standard InChI is InChI=1S/C19H33Cl5O2/c1-3-4-5-6-7-8-9-10-11-12-13-14-15-18(21,22)19(23,24)17(2,20)16(25)26/h3-15H2,1-2H3,(H,25,26). The van der Waals surface area contributed by atoms with Gasteiger partial charge < -0.3 is 5.11 Å².